The topological polar surface area (TPSA) is 75.7 Å². The lowest BCUT2D eigenvalue weighted by molar-refractivity contribution is -0.120. The van der Waals surface area contributed by atoms with Crippen molar-refractivity contribution in [1.82, 2.24) is 4.31 Å². The van der Waals surface area contributed by atoms with Gasteiger partial charge in [0.05, 0.1) is 18.8 Å². The molecule has 2 aromatic carbocycles. The van der Waals surface area contributed by atoms with E-state index in [0.717, 1.165) is 0 Å². The average Bonchev–Trinajstić information content (AvgIpc) is 2.68. The zero-order valence-electron chi connectivity index (χ0n) is 15.6. The number of halogens is 1. The van der Waals surface area contributed by atoms with Gasteiger partial charge in [-0.25, -0.2) is 12.7 Å². The van der Waals surface area contributed by atoms with Gasteiger partial charge in [-0.1, -0.05) is 29.8 Å². The minimum absolute atomic E-state index is 0.127. The number of hydrogen-bond donors (Lipinski definition) is 1. The smallest absolute Gasteiger partial charge is 0.228 e. The zero-order valence-corrected chi connectivity index (χ0v) is 17.2. The van der Waals surface area contributed by atoms with E-state index in [1.54, 1.807) is 55.6 Å². The van der Waals surface area contributed by atoms with Gasteiger partial charge in [-0.05, 0) is 42.7 Å². The Morgan fingerprint density at radius 2 is 2.04 bits per heavy atom. The summed E-state index contributed by atoms with van der Waals surface area (Å²) in [5.74, 6) is -0.0604. The molecule has 0 saturated carbocycles. The van der Waals surface area contributed by atoms with Crippen LogP contribution in [0.4, 0.5) is 5.69 Å². The van der Waals surface area contributed by atoms with Crippen molar-refractivity contribution < 1.29 is 17.9 Å². The number of hydrogen-bond acceptors (Lipinski definition) is 4. The van der Waals surface area contributed by atoms with E-state index >= 15 is 0 Å². The highest BCUT2D eigenvalue weighted by Gasteiger charge is 2.32. The highest BCUT2D eigenvalue weighted by atomic mass is 35.5. The van der Waals surface area contributed by atoms with Gasteiger partial charge in [-0.2, -0.15) is 0 Å². The van der Waals surface area contributed by atoms with Gasteiger partial charge in [0.2, 0.25) is 15.9 Å². The Bertz CT molecular complexity index is 949. The van der Waals surface area contributed by atoms with Crippen LogP contribution in [0.15, 0.2) is 48.5 Å². The van der Waals surface area contributed by atoms with Crippen molar-refractivity contribution in [3.05, 3.63) is 59.1 Å². The van der Waals surface area contributed by atoms with E-state index in [2.05, 4.69) is 5.32 Å². The fourth-order valence-corrected chi connectivity index (χ4v) is 5.09. The molecule has 1 N–H and O–H groups in total. The number of methoxy groups -OCH3 is 1. The maximum absolute atomic E-state index is 12.8. The first-order chi connectivity index (χ1) is 13.4. The van der Waals surface area contributed by atoms with Crippen LogP contribution in [0.25, 0.3) is 0 Å². The number of amides is 1. The van der Waals surface area contributed by atoms with Crippen molar-refractivity contribution in [3.8, 4) is 5.75 Å². The Labute approximate surface area is 170 Å². The molecule has 1 heterocycles. The molecule has 1 saturated heterocycles. The Morgan fingerprint density at radius 1 is 1.25 bits per heavy atom. The van der Waals surface area contributed by atoms with Gasteiger partial charge in [-0.15, -0.1) is 0 Å². The SMILES string of the molecule is COc1cccc(NC(=O)[C@H]2CCCN(S(=O)(=O)Cc3cccc(Cl)c3)C2)c1. The predicted molar refractivity (Wildman–Crippen MR) is 110 cm³/mol. The summed E-state index contributed by atoms with van der Waals surface area (Å²) >= 11 is 5.95. The van der Waals surface area contributed by atoms with Crippen LogP contribution >= 0.6 is 11.6 Å². The molecule has 1 amide bonds. The molecule has 0 radical (unpaired) electrons. The van der Waals surface area contributed by atoms with Gasteiger partial charge < -0.3 is 10.1 Å². The zero-order chi connectivity index (χ0) is 20.1. The third-order valence-corrected chi connectivity index (χ3v) is 6.78. The normalized spacial score (nSPS) is 17.9. The molecule has 28 heavy (non-hydrogen) atoms. The number of benzene rings is 2. The second-order valence-electron chi connectivity index (χ2n) is 6.80. The molecule has 1 aliphatic rings. The summed E-state index contributed by atoms with van der Waals surface area (Å²) in [6.45, 7) is 0.602. The van der Waals surface area contributed by atoms with Crippen LogP contribution in [0.2, 0.25) is 5.02 Å². The summed E-state index contributed by atoms with van der Waals surface area (Å²) < 4.78 is 32.2. The Morgan fingerprint density at radius 3 is 2.79 bits per heavy atom. The first-order valence-electron chi connectivity index (χ1n) is 9.04. The summed E-state index contributed by atoms with van der Waals surface area (Å²) in [4.78, 5) is 12.7. The second kappa shape index (κ2) is 8.94. The lowest BCUT2D eigenvalue weighted by atomic mass is 9.98. The standard InChI is InChI=1S/C20H23ClN2O4S/c1-27-19-9-3-8-18(12-19)22-20(24)16-6-4-10-23(13-16)28(25,26)14-15-5-2-7-17(21)11-15/h2-3,5,7-9,11-12,16H,4,6,10,13-14H2,1H3,(H,22,24)/t16-/m0/s1. The van der Waals surface area contributed by atoms with Crippen molar-refractivity contribution in [2.75, 3.05) is 25.5 Å². The van der Waals surface area contributed by atoms with E-state index in [0.29, 0.717) is 41.4 Å². The molecule has 8 heteroatoms. The lowest BCUT2D eigenvalue weighted by Gasteiger charge is -2.31. The van der Waals surface area contributed by atoms with Crippen LogP contribution in [-0.4, -0.2) is 38.8 Å². The number of carbonyl (C=O) groups is 1. The Balaban J connectivity index is 1.66. The van der Waals surface area contributed by atoms with Crippen molar-refractivity contribution in [2.24, 2.45) is 5.92 Å². The molecule has 150 valence electrons. The van der Waals surface area contributed by atoms with E-state index in [-0.39, 0.29) is 18.2 Å². The van der Waals surface area contributed by atoms with Crippen LogP contribution < -0.4 is 10.1 Å². The number of nitrogens with one attached hydrogen (secondary N) is 1. The molecule has 1 fully saturated rings. The first-order valence-corrected chi connectivity index (χ1v) is 11.0. The average molecular weight is 423 g/mol. The highest BCUT2D eigenvalue weighted by molar-refractivity contribution is 7.88. The van der Waals surface area contributed by atoms with Crippen molar-refractivity contribution in [3.63, 3.8) is 0 Å². The maximum atomic E-state index is 12.8. The summed E-state index contributed by atoms with van der Waals surface area (Å²) in [7, 11) is -1.97. The first kappa shape index (κ1) is 20.6. The quantitative estimate of drug-likeness (QED) is 0.772. The number of ether oxygens (including phenoxy) is 1. The molecule has 0 bridgehead atoms. The van der Waals surface area contributed by atoms with E-state index in [9.17, 15) is 13.2 Å². The number of rotatable bonds is 6. The monoisotopic (exact) mass is 422 g/mol. The van der Waals surface area contributed by atoms with Gasteiger partial charge in [0.1, 0.15) is 5.75 Å². The molecule has 3 rings (SSSR count). The lowest BCUT2D eigenvalue weighted by Crippen LogP contribution is -2.44. The third-order valence-electron chi connectivity index (χ3n) is 4.72. The molecule has 0 aliphatic carbocycles. The van der Waals surface area contributed by atoms with Crippen LogP contribution in [-0.2, 0) is 20.6 Å². The minimum Gasteiger partial charge on any atom is -0.497 e. The van der Waals surface area contributed by atoms with Gasteiger partial charge in [-0.3, -0.25) is 4.79 Å². The summed E-state index contributed by atoms with van der Waals surface area (Å²) in [5, 5.41) is 3.36. The minimum atomic E-state index is -3.53. The molecule has 2 aromatic rings. The van der Waals surface area contributed by atoms with E-state index < -0.39 is 15.9 Å². The summed E-state index contributed by atoms with van der Waals surface area (Å²) in [6.07, 6.45) is 1.30. The van der Waals surface area contributed by atoms with Crippen molar-refractivity contribution in [2.45, 2.75) is 18.6 Å². The highest BCUT2D eigenvalue weighted by Crippen LogP contribution is 2.24. The fraction of sp³-hybridized carbons (Fsp3) is 0.350. The fourth-order valence-electron chi connectivity index (χ4n) is 3.28. The third kappa shape index (κ3) is 5.25. The molecular formula is C20H23ClN2O4S. The second-order valence-corrected chi connectivity index (χ2v) is 9.21. The Hall–Kier alpha value is -2.09. The molecule has 0 aromatic heterocycles. The van der Waals surface area contributed by atoms with Crippen molar-refractivity contribution >= 4 is 33.2 Å². The van der Waals surface area contributed by atoms with Crippen LogP contribution in [0.1, 0.15) is 18.4 Å². The van der Waals surface area contributed by atoms with Crippen LogP contribution in [0.3, 0.4) is 0 Å². The molecular weight excluding hydrogens is 400 g/mol. The molecule has 1 atom stereocenters. The molecule has 6 nitrogen and oxygen atoms in total. The van der Waals surface area contributed by atoms with E-state index in [1.165, 1.54) is 4.31 Å². The Kier molecular flexibility index (Phi) is 6.59. The maximum Gasteiger partial charge on any atom is 0.228 e. The number of anilines is 1. The van der Waals surface area contributed by atoms with Crippen LogP contribution in [0.5, 0.6) is 5.75 Å². The molecule has 1 aliphatic heterocycles. The van der Waals surface area contributed by atoms with E-state index in [1.807, 2.05) is 0 Å². The molecule has 0 unspecified atom stereocenters. The van der Waals surface area contributed by atoms with Gasteiger partial charge in [0.25, 0.3) is 0 Å². The number of nitrogens with zero attached hydrogens (tertiary/aromatic N) is 1. The van der Waals surface area contributed by atoms with Gasteiger partial charge >= 0.3 is 0 Å². The number of sulfonamides is 1. The van der Waals surface area contributed by atoms with Gasteiger partial charge in [0, 0.05) is 29.9 Å². The molecule has 0 spiro atoms. The summed E-state index contributed by atoms with van der Waals surface area (Å²) in [6, 6.07) is 13.9. The summed E-state index contributed by atoms with van der Waals surface area (Å²) in [5.41, 5.74) is 1.26. The largest absolute Gasteiger partial charge is 0.497 e. The van der Waals surface area contributed by atoms with E-state index in [4.69, 9.17) is 16.3 Å². The van der Waals surface area contributed by atoms with Crippen molar-refractivity contribution in [1.29, 1.82) is 0 Å². The van der Waals surface area contributed by atoms with Crippen LogP contribution in [0, 0.1) is 5.92 Å². The number of piperidine rings is 1. The number of carbonyl (C=O) groups excluding carboxylic acids is 1. The predicted octanol–water partition coefficient (Wildman–Crippen LogP) is 3.53. The van der Waals surface area contributed by atoms with Gasteiger partial charge in [0.15, 0.2) is 0 Å².